The van der Waals surface area contributed by atoms with E-state index in [0.717, 1.165) is 0 Å². The number of rotatable bonds is 17. The molecule has 0 atom stereocenters. The van der Waals surface area contributed by atoms with Gasteiger partial charge in [-0.2, -0.15) is 0 Å². The molecule has 0 fully saturated rings. The summed E-state index contributed by atoms with van der Waals surface area (Å²) in [4.78, 5) is 32.3. The van der Waals surface area contributed by atoms with Gasteiger partial charge >= 0.3 is 11.9 Å². The number of carboxylic acid groups (broad SMARTS) is 1. The zero-order valence-corrected chi connectivity index (χ0v) is 16.8. The van der Waals surface area contributed by atoms with E-state index < -0.39 is 26.0 Å². The number of hydrogen-bond donors (Lipinski definition) is 1. The molecule has 0 rings (SSSR count). The Balaban J connectivity index is 3.28. The molecule has 0 bridgehead atoms. The van der Waals surface area contributed by atoms with E-state index >= 15 is 0 Å². The van der Waals surface area contributed by atoms with Crippen molar-refractivity contribution in [1.29, 1.82) is 0 Å². The minimum absolute atomic E-state index is 0.0420. The van der Waals surface area contributed by atoms with Gasteiger partial charge in [0, 0.05) is 6.42 Å². The number of Topliss-reactive ketones (excluding diaryl/α,β-unsaturated/α-hetero) is 1. The Morgan fingerprint density at radius 2 is 1.19 bits per heavy atom. The minimum atomic E-state index is -1.55. The molecule has 0 amide bonds. The molecule has 0 aliphatic heterocycles. The second-order valence-electron chi connectivity index (χ2n) is 6.25. The Labute approximate surface area is 155 Å². The summed E-state index contributed by atoms with van der Waals surface area (Å²) in [5, 5.41) is 8.37. The number of ketones is 1. The topological polar surface area (TPSA) is 118 Å². The average molecular weight is 394 g/mol. The van der Waals surface area contributed by atoms with Crippen LogP contribution in [0.4, 0.5) is 0 Å². The van der Waals surface area contributed by atoms with Gasteiger partial charge in [0.1, 0.15) is 6.61 Å². The first-order valence-electron chi connectivity index (χ1n) is 8.51. The zero-order chi connectivity index (χ0) is 19.8. The lowest BCUT2D eigenvalue weighted by Gasteiger charge is -2.16. The molecular weight excluding hydrogens is 364 g/mol. The van der Waals surface area contributed by atoms with Crippen molar-refractivity contribution in [3.63, 3.8) is 0 Å². The van der Waals surface area contributed by atoms with Gasteiger partial charge in [0.15, 0.2) is 8.32 Å². The maximum absolute atomic E-state index is 11.2. The van der Waals surface area contributed by atoms with Crippen LogP contribution in [0.3, 0.4) is 0 Å². The number of carboxylic acids is 1. The van der Waals surface area contributed by atoms with Crippen molar-refractivity contribution in [2.24, 2.45) is 0 Å². The quantitative estimate of drug-likeness (QED) is 0.166. The fraction of sp³-hybridized carbons (Fsp3) is 0.812. The number of carbonyl (C=O) groups excluding carboxylic acids is 2. The molecule has 0 aromatic carbocycles. The maximum Gasteiger partial charge on any atom is 0.372 e. The van der Waals surface area contributed by atoms with Crippen molar-refractivity contribution >= 4 is 26.0 Å². The summed E-state index contributed by atoms with van der Waals surface area (Å²) >= 11 is 0. The number of hydrogen-bond acceptors (Lipinski definition) is 8. The SMILES string of the molecule is C[Si](C)(C)OCCOCCOCCOCCOC(=O)CCC(=O)C(=O)O. The Bertz CT molecular complexity index is 420. The molecule has 0 aliphatic carbocycles. The first-order chi connectivity index (χ1) is 12.2. The molecule has 0 aromatic heterocycles. The molecule has 0 heterocycles. The van der Waals surface area contributed by atoms with Crippen molar-refractivity contribution in [3.05, 3.63) is 0 Å². The van der Waals surface area contributed by atoms with E-state index in [1.54, 1.807) is 0 Å². The largest absolute Gasteiger partial charge is 0.476 e. The third kappa shape index (κ3) is 17.5. The van der Waals surface area contributed by atoms with Crippen LogP contribution in [0.1, 0.15) is 12.8 Å². The summed E-state index contributed by atoms with van der Waals surface area (Å²) in [6.07, 6.45) is -0.619. The summed E-state index contributed by atoms with van der Waals surface area (Å²) in [5.74, 6) is -3.19. The van der Waals surface area contributed by atoms with Gasteiger partial charge in [-0.15, -0.1) is 0 Å². The van der Waals surface area contributed by atoms with Crippen LogP contribution in [-0.2, 0) is 37.8 Å². The van der Waals surface area contributed by atoms with E-state index in [4.69, 9.17) is 28.5 Å². The lowest BCUT2D eigenvalue weighted by atomic mass is 10.2. The van der Waals surface area contributed by atoms with Crippen LogP contribution < -0.4 is 0 Å². The maximum atomic E-state index is 11.2. The molecule has 0 spiro atoms. The molecule has 0 aliphatic rings. The summed E-state index contributed by atoms with van der Waals surface area (Å²) in [7, 11) is -1.47. The normalized spacial score (nSPS) is 11.3. The minimum Gasteiger partial charge on any atom is -0.476 e. The molecule has 0 saturated carbocycles. The summed E-state index contributed by atoms with van der Waals surface area (Å²) in [6, 6.07) is 0. The van der Waals surface area contributed by atoms with Crippen molar-refractivity contribution in [2.45, 2.75) is 32.5 Å². The fourth-order valence-corrected chi connectivity index (χ4v) is 2.25. The third-order valence-corrected chi connectivity index (χ3v) is 3.86. The monoisotopic (exact) mass is 394 g/mol. The molecule has 152 valence electrons. The highest BCUT2D eigenvalue weighted by Gasteiger charge is 2.14. The number of carbonyl (C=O) groups is 3. The van der Waals surface area contributed by atoms with E-state index in [0.29, 0.717) is 39.6 Å². The van der Waals surface area contributed by atoms with Gasteiger partial charge in [-0.1, -0.05) is 0 Å². The standard InChI is InChI=1S/C16H30O9Si/c1-26(2,3)25-13-11-23-9-7-21-6-8-22-10-12-24-15(18)5-4-14(17)16(19)20/h4-13H2,1-3H3,(H,19,20). The number of esters is 1. The highest BCUT2D eigenvalue weighted by atomic mass is 28.4. The summed E-state index contributed by atoms with van der Waals surface area (Å²) in [6.45, 7) is 9.46. The van der Waals surface area contributed by atoms with Crippen molar-refractivity contribution < 1.29 is 42.9 Å². The van der Waals surface area contributed by atoms with Crippen LogP contribution in [0.5, 0.6) is 0 Å². The second kappa shape index (κ2) is 14.8. The molecule has 0 radical (unpaired) electrons. The molecule has 0 aromatic rings. The highest BCUT2D eigenvalue weighted by molar-refractivity contribution is 6.69. The van der Waals surface area contributed by atoms with Gasteiger partial charge in [-0.05, 0) is 19.6 Å². The van der Waals surface area contributed by atoms with Crippen molar-refractivity contribution in [2.75, 3.05) is 52.9 Å². The van der Waals surface area contributed by atoms with Crippen LogP contribution in [0.25, 0.3) is 0 Å². The van der Waals surface area contributed by atoms with Crippen molar-refractivity contribution in [3.8, 4) is 0 Å². The fourth-order valence-electron chi connectivity index (χ4n) is 1.56. The van der Waals surface area contributed by atoms with E-state index in [9.17, 15) is 14.4 Å². The lowest BCUT2D eigenvalue weighted by molar-refractivity contribution is -0.151. The molecular formula is C16H30O9Si. The highest BCUT2D eigenvalue weighted by Crippen LogP contribution is 2.01. The predicted molar refractivity (Wildman–Crippen MR) is 94.6 cm³/mol. The van der Waals surface area contributed by atoms with E-state index in [-0.39, 0.29) is 26.1 Å². The van der Waals surface area contributed by atoms with Crippen LogP contribution in [0, 0.1) is 0 Å². The average Bonchev–Trinajstić information content (AvgIpc) is 2.55. The second-order valence-corrected chi connectivity index (χ2v) is 10.8. The van der Waals surface area contributed by atoms with Crippen LogP contribution >= 0.6 is 0 Å². The Morgan fingerprint density at radius 3 is 1.65 bits per heavy atom. The third-order valence-electron chi connectivity index (χ3n) is 2.79. The lowest BCUT2D eigenvalue weighted by Crippen LogP contribution is -2.27. The first-order valence-corrected chi connectivity index (χ1v) is 11.9. The molecule has 26 heavy (non-hydrogen) atoms. The molecule has 0 unspecified atom stereocenters. The van der Waals surface area contributed by atoms with Gasteiger partial charge in [0.2, 0.25) is 5.78 Å². The van der Waals surface area contributed by atoms with E-state index in [2.05, 4.69) is 19.6 Å². The van der Waals surface area contributed by atoms with Gasteiger partial charge in [-0.3, -0.25) is 9.59 Å². The molecule has 0 saturated heterocycles. The summed E-state index contributed by atoms with van der Waals surface area (Å²) < 4.78 is 26.3. The molecule has 10 heteroatoms. The Hall–Kier alpha value is -1.33. The van der Waals surface area contributed by atoms with Gasteiger partial charge < -0.3 is 28.5 Å². The van der Waals surface area contributed by atoms with Crippen LogP contribution in [-0.4, -0.2) is 84.0 Å². The molecule has 9 nitrogen and oxygen atoms in total. The Morgan fingerprint density at radius 1 is 0.731 bits per heavy atom. The van der Waals surface area contributed by atoms with E-state index in [1.165, 1.54) is 0 Å². The van der Waals surface area contributed by atoms with E-state index in [1.807, 2.05) is 0 Å². The van der Waals surface area contributed by atoms with Gasteiger partial charge in [0.05, 0.1) is 52.7 Å². The first kappa shape index (κ1) is 24.7. The van der Waals surface area contributed by atoms with Gasteiger partial charge in [0.25, 0.3) is 0 Å². The Kier molecular flexibility index (Phi) is 14.0. The number of aliphatic carboxylic acids is 1. The molecule has 1 N–H and O–H groups in total. The summed E-state index contributed by atoms with van der Waals surface area (Å²) in [5.41, 5.74) is 0. The van der Waals surface area contributed by atoms with Crippen LogP contribution in [0.15, 0.2) is 0 Å². The zero-order valence-electron chi connectivity index (χ0n) is 15.8. The number of ether oxygens (including phenoxy) is 4. The van der Waals surface area contributed by atoms with Crippen LogP contribution in [0.2, 0.25) is 19.6 Å². The smallest absolute Gasteiger partial charge is 0.372 e. The van der Waals surface area contributed by atoms with Crippen molar-refractivity contribution in [1.82, 2.24) is 0 Å². The predicted octanol–water partition coefficient (Wildman–Crippen LogP) is 0.865. The van der Waals surface area contributed by atoms with Gasteiger partial charge in [-0.25, -0.2) is 4.79 Å².